The Labute approximate surface area is 173 Å². The van der Waals surface area contributed by atoms with Crippen LogP contribution in [0.15, 0.2) is 37.5 Å². The van der Waals surface area contributed by atoms with Gasteiger partial charge in [0.05, 0.1) is 0 Å². The molecule has 0 aromatic rings. The van der Waals surface area contributed by atoms with Crippen LogP contribution in [-0.2, 0) is 33.3 Å². The molecule has 164 valence electrons. The zero-order valence-corrected chi connectivity index (χ0v) is 18.1. The maximum Gasteiger partial charge on any atom is 0.333 e. The fraction of sp³-hybridized carbons (Fsp3) is 0.591. The molecule has 0 aliphatic heterocycles. The zero-order chi connectivity index (χ0) is 22.5. The second-order valence-electron chi connectivity index (χ2n) is 6.91. The Bertz CT molecular complexity index is 584. The van der Waals surface area contributed by atoms with Gasteiger partial charge >= 0.3 is 17.9 Å². The van der Waals surface area contributed by atoms with Gasteiger partial charge in [0.15, 0.2) is 0 Å². The first-order valence-corrected chi connectivity index (χ1v) is 9.74. The molecule has 1 atom stereocenters. The second-order valence-corrected chi connectivity index (χ2v) is 6.91. The molecule has 0 saturated heterocycles. The number of carbonyl (C=O) groups excluding carboxylic acids is 3. The van der Waals surface area contributed by atoms with E-state index >= 15 is 0 Å². The third-order valence-electron chi connectivity index (χ3n) is 4.53. The van der Waals surface area contributed by atoms with Gasteiger partial charge < -0.3 is 18.9 Å². The summed E-state index contributed by atoms with van der Waals surface area (Å²) in [4.78, 5) is 35.2. The average molecular weight is 411 g/mol. The first-order valence-electron chi connectivity index (χ1n) is 9.74. The minimum Gasteiger partial charge on any atom is -0.459 e. The van der Waals surface area contributed by atoms with Crippen molar-refractivity contribution in [3.63, 3.8) is 0 Å². The van der Waals surface area contributed by atoms with Crippen molar-refractivity contribution in [3.8, 4) is 0 Å². The predicted octanol–water partition coefficient (Wildman–Crippen LogP) is 3.68. The highest BCUT2D eigenvalue weighted by molar-refractivity contribution is 5.87. The Morgan fingerprint density at radius 2 is 1.28 bits per heavy atom. The first-order chi connectivity index (χ1) is 13.6. The molecule has 0 aliphatic rings. The van der Waals surface area contributed by atoms with Gasteiger partial charge in [-0.3, -0.25) is 0 Å². The molecular weight excluding hydrogens is 376 g/mol. The molecule has 7 heteroatoms. The van der Waals surface area contributed by atoms with Crippen molar-refractivity contribution in [1.82, 2.24) is 0 Å². The van der Waals surface area contributed by atoms with E-state index < -0.39 is 29.1 Å². The number of hydrogen-bond acceptors (Lipinski definition) is 7. The van der Waals surface area contributed by atoms with Gasteiger partial charge in [0.25, 0.3) is 0 Å². The van der Waals surface area contributed by atoms with E-state index in [1.165, 1.54) is 0 Å². The molecular formula is C22H34O7. The Balaban J connectivity index is 5.77. The predicted molar refractivity (Wildman–Crippen MR) is 110 cm³/mol. The van der Waals surface area contributed by atoms with Gasteiger partial charge in [-0.25, -0.2) is 14.4 Å². The largest absolute Gasteiger partial charge is 0.459 e. The molecule has 0 saturated carbocycles. The van der Waals surface area contributed by atoms with Crippen molar-refractivity contribution in [1.29, 1.82) is 0 Å². The van der Waals surface area contributed by atoms with Crippen LogP contribution < -0.4 is 0 Å². The van der Waals surface area contributed by atoms with E-state index in [9.17, 15) is 14.4 Å². The van der Waals surface area contributed by atoms with Crippen LogP contribution in [0.2, 0.25) is 0 Å². The highest BCUT2D eigenvalue weighted by Gasteiger charge is 2.43. The number of rotatable bonds is 15. The van der Waals surface area contributed by atoms with E-state index in [0.717, 1.165) is 18.6 Å². The van der Waals surface area contributed by atoms with E-state index in [0.29, 0.717) is 19.3 Å². The van der Waals surface area contributed by atoms with Gasteiger partial charge in [-0.15, -0.1) is 0 Å². The summed E-state index contributed by atoms with van der Waals surface area (Å²) in [6.45, 7) is 17.3. The van der Waals surface area contributed by atoms with Crippen LogP contribution in [-0.4, -0.2) is 48.9 Å². The van der Waals surface area contributed by atoms with Gasteiger partial charge in [0, 0.05) is 17.7 Å². The van der Waals surface area contributed by atoms with E-state index in [4.69, 9.17) is 18.9 Å². The van der Waals surface area contributed by atoms with Crippen LogP contribution in [0.5, 0.6) is 0 Å². The van der Waals surface area contributed by atoms with Crippen molar-refractivity contribution in [2.75, 3.05) is 19.8 Å². The molecule has 7 nitrogen and oxygen atoms in total. The number of ether oxygens (including phenoxy) is 4. The monoisotopic (exact) mass is 410 g/mol. The van der Waals surface area contributed by atoms with Crippen LogP contribution in [0, 0.1) is 0 Å². The fourth-order valence-corrected chi connectivity index (χ4v) is 2.64. The Hall–Kier alpha value is -2.41. The number of esters is 3. The summed E-state index contributed by atoms with van der Waals surface area (Å²) >= 11 is 0. The molecule has 0 spiro atoms. The molecule has 1 unspecified atom stereocenters. The van der Waals surface area contributed by atoms with Crippen molar-refractivity contribution in [2.45, 2.75) is 64.6 Å². The maximum absolute atomic E-state index is 11.9. The van der Waals surface area contributed by atoms with Gasteiger partial charge in [-0.1, -0.05) is 46.9 Å². The van der Waals surface area contributed by atoms with E-state index in [2.05, 4.69) is 19.7 Å². The van der Waals surface area contributed by atoms with Gasteiger partial charge in [-0.05, 0) is 26.2 Å². The van der Waals surface area contributed by atoms with Gasteiger partial charge in [0.2, 0.25) is 0 Å². The Morgan fingerprint density at radius 1 is 0.828 bits per heavy atom. The van der Waals surface area contributed by atoms with Crippen molar-refractivity contribution in [3.05, 3.63) is 37.5 Å². The quantitative estimate of drug-likeness (QED) is 0.231. The zero-order valence-electron chi connectivity index (χ0n) is 18.1. The van der Waals surface area contributed by atoms with Crippen LogP contribution >= 0.6 is 0 Å². The lowest BCUT2D eigenvalue weighted by molar-refractivity contribution is -0.223. The van der Waals surface area contributed by atoms with E-state index in [1.807, 2.05) is 20.8 Å². The van der Waals surface area contributed by atoms with Gasteiger partial charge in [0.1, 0.15) is 31.0 Å². The lowest BCUT2D eigenvalue weighted by Crippen LogP contribution is -2.52. The van der Waals surface area contributed by atoms with Crippen LogP contribution in [0.25, 0.3) is 0 Å². The molecule has 0 aromatic heterocycles. The standard InChI is InChI=1S/C22H34O7/c1-8-13-21(11-4,14-28-20(25)17(6)7)29-22(12-5,15-26-18(23)9-2)16-27-19(24)10-3/h9-10H,2-3,6,8,11-16H2,1,4-5,7H3. The first kappa shape index (κ1) is 26.6. The Morgan fingerprint density at radius 3 is 1.62 bits per heavy atom. The molecule has 0 N–H and O–H groups in total. The van der Waals surface area contributed by atoms with Crippen LogP contribution in [0.1, 0.15) is 53.4 Å². The van der Waals surface area contributed by atoms with Crippen molar-refractivity contribution >= 4 is 17.9 Å². The fourth-order valence-electron chi connectivity index (χ4n) is 2.64. The molecule has 0 fully saturated rings. The summed E-state index contributed by atoms with van der Waals surface area (Å²) in [5, 5.41) is 0. The summed E-state index contributed by atoms with van der Waals surface area (Å²) < 4.78 is 22.3. The third kappa shape index (κ3) is 9.09. The lowest BCUT2D eigenvalue weighted by atomic mass is 9.92. The normalized spacial score (nSPS) is 13.0. The Kier molecular flexibility index (Phi) is 11.9. The summed E-state index contributed by atoms with van der Waals surface area (Å²) in [6, 6.07) is 0. The van der Waals surface area contributed by atoms with Crippen LogP contribution in [0.3, 0.4) is 0 Å². The molecule has 0 aliphatic carbocycles. The molecule has 0 bridgehead atoms. The van der Waals surface area contributed by atoms with E-state index in [-0.39, 0.29) is 25.4 Å². The average Bonchev–Trinajstić information content (AvgIpc) is 2.73. The second kappa shape index (κ2) is 12.9. The minimum absolute atomic E-state index is 0.00437. The number of carbonyl (C=O) groups is 3. The number of hydrogen-bond donors (Lipinski definition) is 0. The van der Waals surface area contributed by atoms with Crippen LogP contribution in [0.4, 0.5) is 0 Å². The maximum atomic E-state index is 11.9. The van der Waals surface area contributed by atoms with Gasteiger partial charge in [-0.2, -0.15) is 0 Å². The highest BCUT2D eigenvalue weighted by atomic mass is 16.6. The summed E-state index contributed by atoms with van der Waals surface area (Å²) in [6.07, 6.45) is 4.34. The molecule has 0 radical (unpaired) electrons. The molecule has 0 rings (SSSR count). The molecule has 29 heavy (non-hydrogen) atoms. The summed E-state index contributed by atoms with van der Waals surface area (Å²) in [5.74, 6) is -1.75. The summed E-state index contributed by atoms with van der Waals surface area (Å²) in [5.41, 5.74) is -1.69. The minimum atomic E-state index is -1.13. The summed E-state index contributed by atoms with van der Waals surface area (Å²) in [7, 11) is 0. The smallest absolute Gasteiger partial charge is 0.333 e. The topological polar surface area (TPSA) is 88.1 Å². The highest BCUT2D eigenvalue weighted by Crippen LogP contribution is 2.32. The molecule has 0 heterocycles. The third-order valence-corrected chi connectivity index (χ3v) is 4.53. The molecule has 0 amide bonds. The van der Waals surface area contributed by atoms with E-state index in [1.54, 1.807) is 6.92 Å². The SMILES string of the molecule is C=CC(=O)OCC(CC)(COC(=O)C=C)OC(CC)(CCC)COC(=O)C(=C)C. The van der Waals surface area contributed by atoms with Crippen molar-refractivity contribution in [2.24, 2.45) is 0 Å². The van der Waals surface area contributed by atoms with Crippen molar-refractivity contribution < 1.29 is 33.3 Å². The molecule has 0 aromatic carbocycles. The lowest BCUT2D eigenvalue weighted by Gasteiger charge is -2.42.